The van der Waals surface area contributed by atoms with E-state index in [-0.39, 0.29) is 5.38 Å². The second kappa shape index (κ2) is 4.24. The number of ether oxygens (including phenoxy) is 1. The highest BCUT2D eigenvalue weighted by atomic mass is 35.5. The molecule has 2 aromatic heterocycles. The van der Waals surface area contributed by atoms with Crippen molar-refractivity contribution in [1.82, 2.24) is 4.98 Å². The standard InChI is InChI=1S/C10H10ClNO2S/c1-6(11)10-12-4-8(14-10)9-3-7(13-2)5-15-9/h3-6H,1-2H3. The summed E-state index contributed by atoms with van der Waals surface area (Å²) < 4.78 is 10.6. The van der Waals surface area contributed by atoms with Crippen molar-refractivity contribution in [2.45, 2.75) is 12.3 Å². The summed E-state index contributed by atoms with van der Waals surface area (Å²) in [6.45, 7) is 1.83. The summed E-state index contributed by atoms with van der Waals surface area (Å²) in [4.78, 5) is 5.08. The van der Waals surface area contributed by atoms with Gasteiger partial charge in [-0.2, -0.15) is 0 Å². The van der Waals surface area contributed by atoms with Crippen molar-refractivity contribution in [2.24, 2.45) is 0 Å². The molecule has 15 heavy (non-hydrogen) atoms. The fourth-order valence-corrected chi connectivity index (χ4v) is 2.04. The lowest BCUT2D eigenvalue weighted by molar-refractivity contribution is 0.416. The van der Waals surface area contributed by atoms with Crippen LogP contribution in [0.3, 0.4) is 0 Å². The lowest BCUT2D eigenvalue weighted by Gasteiger charge is -1.93. The van der Waals surface area contributed by atoms with Crippen LogP contribution >= 0.6 is 22.9 Å². The highest BCUT2D eigenvalue weighted by molar-refractivity contribution is 7.13. The number of halogens is 1. The Labute approximate surface area is 96.7 Å². The van der Waals surface area contributed by atoms with E-state index in [0.717, 1.165) is 16.4 Å². The van der Waals surface area contributed by atoms with Gasteiger partial charge in [0.2, 0.25) is 5.89 Å². The average molecular weight is 244 g/mol. The number of oxazole rings is 1. The maximum atomic E-state index is 5.86. The Morgan fingerprint density at radius 3 is 2.93 bits per heavy atom. The molecule has 80 valence electrons. The first-order valence-corrected chi connectivity index (χ1v) is 5.75. The van der Waals surface area contributed by atoms with Crippen LogP contribution in [0.25, 0.3) is 10.6 Å². The van der Waals surface area contributed by atoms with Gasteiger partial charge in [0, 0.05) is 11.4 Å². The quantitative estimate of drug-likeness (QED) is 0.771. The van der Waals surface area contributed by atoms with Crippen LogP contribution in [-0.4, -0.2) is 12.1 Å². The molecule has 0 spiro atoms. The van der Waals surface area contributed by atoms with Crippen LogP contribution in [0.5, 0.6) is 5.75 Å². The Balaban J connectivity index is 2.28. The molecule has 2 heterocycles. The highest BCUT2D eigenvalue weighted by Gasteiger charge is 2.12. The van der Waals surface area contributed by atoms with E-state index in [4.69, 9.17) is 20.8 Å². The zero-order valence-electron chi connectivity index (χ0n) is 8.36. The minimum absolute atomic E-state index is 0.208. The van der Waals surface area contributed by atoms with Crippen LogP contribution in [0.1, 0.15) is 18.2 Å². The minimum atomic E-state index is -0.208. The van der Waals surface area contributed by atoms with E-state index in [1.807, 2.05) is 18.4 Å². The van der Waals surface area contributed by atoms with Crippen LogP contribution in [0.4, 0.5) is 0 Å². The number of alkyl halides is 1. The number of nitrogens with zero attached hydrogens (tertiary/aromatic N) is 1. The smallest absolute Gasteiger partial charge is 0.212 e. The van der Waals surface area contributed by atoms with Crippen LogP contribution in [0.15, 0.2) is 22.1 Å². The van der Waals surface area contributed by atoms with Gasteiger partial charge in [0.15, 0.2) is 5.76 Å². The molecule has 0 fully saturated rings. The van der Waals surface area contributed by atoms with E-state index in [1.54, 1.807) is 24.6 Å². The fourth-order valence-electron chi connectivity index (χ4n) is 1.14. The highest BCUT2D eigenvalue weighted by Crippen LogP contribution is 2.32. The van der Waals surface area contributed by atoms with Gasteiger partial charge in [-0.25, -0.2) is 4.98 Å². The molecule has 1 unspecified atom stereocenters. The van der Waals surface area contributed by atoms with Gasteiger partial charge >= 0.3 is 0 Å². The molecule has 0 bridgehead atoms. The number of hydrogen-bond acceptors (Lipinski definition) is 4. The summed E-state index contributed by atoms with van der Waals surface area (Å²) in [5.74, 6) is 2.09. The molecule has 0 saturated carbocycles. The van der Waals surface area contributed by atoms with E-state index < -0.39 is 0 Å². The predicted molar refractivity (Wildman–Crippen MR) is 60.6 cm³/mol. The van der Waals surface area contributed by atoms with E-state index in [0.29, 0.717) is 5.89 Å². The van der Waals surface area contributed by atoms with Crippen LogP contribution in [0.2, 0.25) is 0 Å². The molecule has 0 aromatic carbocycles. The molecule has 0 saturated heterocycles. The largest absolute Gasteiger partial charge is 0.496 e. The Hall–Kier alpha value is -1.00. The summed E-state index contributed by atoms with van der Waals surface area (Å²) >= 11 is 7.41. The van der Waals surface area contributed by atoms with Gasteiger partial charge in [-0.1, -0.05) is 0 Å². The Morgan fingerprint density at radius 2 is 2.40 bits per heavy atom. The first-order chi connectivity index (χ1) is 7.20. The maximum Gasteiger partial charge on any atom is 0.212 e. The summed E-state index contributed by atoms with van der Waals surface area (Å²) in [6.07, 6.45) is 1.68. The first kappa shape index (κ1) is 10.5. The molecule has 2 aromatic rings. The summed E-state index contributed by atoms with van der Waals surface area (Å²) in [6, 6.07) is 1.91. The van der Waals surface area contributed by atoms with E-state index in [9.17, 15) is 0 Å². The summed E-state index contributed by atoms with van der Waals surface area (Å²) in [5, 5.41) is 1.71. The zero-order valence-corrected chi connectivity index (χ0v) is 9.93. The fraction of sp³-hybridized carbons (Fsp3) is 0.300. The average Bonchev–Trinajstić information content (AvgIpc) is 2.86. The van der Waals surface area contributed by atoms with Crippen molar-refractivity contribution in [3.63, 3.8) is 0 Å². The monoisotopic (exact) mass is 243 g/mol. The first-order valence-electron chi connectivity index (χ1n) is 4.43. The van der Waals surface area contributed by atoms with Crippen molar-refractivity contribution in [2.75, 3.05) is 7.11 Å². The Kier molecular flexibility index (Phi) is 2.98. The Morgan fingerprint density at radius 1 is 1.60 bits per heavy atom. The molecule has 0 aliphatic heterocycles. The minimum Gasteiger partial charge on any atom is -0.496 e. The lowest BCUT2D eigenvalue weighted by Crippen LogP contribution is -1.80. The zero-order chi connectivity index (χ0) is 10.8. The van der Waals surface area contributed by atoms with E-state index in [1.165, 1.54) is 0 Å². The molecule has 0 radical (unpaired) electrons. The molecular weight excluding hydrogens is 234 g/mol. The number of aromatic nitrogens is 1. The predicted octanol–water partition coefficient (Wildman–Crippen LogP) is 3.71. The van der Waals surface area contributed by atoms with Crippen molar-refractivity contribution >= 4 is 22.9 Å². The van der Waals surface area contributed by atoms with Gasteiger partial charge in [0.05, 0.1) is 18.2 Å². The summed E-state index contributed by atoms with van der Waals surface area (Å²) in [5.41, 5.74) is 0. The van der Waals surface area contributed by atoms with Crippen LogP contribution in [0, 0.1) is 0 Å². The molecule has 0 aliphatic carbocycles. The van der Waals surface area contributed by atoms with Gasteiger partial charge in [-0.05, 0) is 6.92 Å². The van der Waals surface area contributed by atoms with Gasteiger partial charge in [0.1, 0.15) is 11.1 Å². The van der Waals surface area contributed by atoms with Crippen molar-refractivity contribution in [3.05, 3.63) is 23.5 Å². The van der Waals surface area contributed by atoms with Gasteiger partial charge < -0.3 is 9.15 Å². The van der Waals surface area contributed by atoms with Crippen LogP contribution < -0.4 is 4.74 Å². The van der Waals surface area contributed by atoms with E-state index in [2.05, 4.69) is 4.98 Å². The molecule has 0 amide bonds. The molecule has 5 heteroatoms. The number of rotatable bonds is 3. The van der Waals surface area contributed by atoms with Crippen molar-refractivity contribution in [1.29, 1.82) is 0 Å². The van der Waals surface area contributed by atoms with Crippen molar-refractivity contribution < 1.29 is 9.15 Å². The van der Waals surface area contributed by atoms with Gasteiger partial charge in [0.25, 0.3) is 0 Å². The number of methoxy groups -OCH3 is 1. The van der Waals surface area contributed by atoms with Gasteiger partial charge in [-0.15, -0.1) is 22.9 Å². The van der Waals surface area contributed by atoms with E-state index >= 15 is 0 Å². The topological polar surface area (TPSA) is 35.3 Å². The molecule has 0 aliphatic rings. The second-order valence-corrected chi connectivity index (χ2v) is 4.60. The number of hydrogen-bond donors (Lipinski definition) is 0. The molecule has 2 rings (SSSR count). The van der Waals surface area contributed by atoms with Crippen molar-refractivity contribution in [3.8, 4) is 16.4 Å². The normalized spacial score (nSPS) is 12.7. The molecule has 3 nitrogen and oxygen atoms in total. The molecular formula is C10H10ClNO2S. The third-order valence-corrected chi connectivity index (χ3v) is 3.03. The summed E-state index contributed by atoms with van der Waals surface area (Å²) in [7, 11) is 1.64. The number of thiophene rings is 1. The van der Waals surface area contributed by atoms with Crippen LogP contribution in [-0.2, 0) is 0 Å². The SMILES string of the molecule is COc1csc(-c2cnc(C(C)Cl)o2)c1. The third kappa shape index (κ3) is 2.16. The Bertz CT molecular complexity index is 450. The molecule has 1 atom stereocenters. The third-order valence-electron chi connectivity index (χ3n) is 1.92. The maximum absolute atomic E-state index is 5.86. The van der Waals surface area contributed by atoms with Gasteiger partial charge in [-0.3, -0.25) is 0 Å². The second-order valence-electron chi connectivity index (χ2n) is 3.03. The lowest BCUT2D eigenvalue weighted by atomic mass is 10.4. The molecule has 0 N–H and O–H groups in total.